The van der Waals surface area contributed by atoms with E-state index in [0.717, 1.165) is 42.3 Å². The molecule has 0 N–H and O–H groups in total. The molecule has 1 aromatic carbocycles. The number of carbonyl (C=O) groups is 1. The first-order valence-corrected chi connectivity index (χ1v) is 10.3. The van der Waals surface area contributed by atoms with E-state index >= 15 is 0 Å². The normalized spacial score (nSPS) is 15.3. The van der Waals surface area contributed by atoms with Gasteiger partial charge in [-0.15, -0.1) is 5.10 Å². The predicted molar refractivity (Wildman–Crippen MR) is 102 cm³/mol. The summed E-state index contributed by atoms with van der Waals surface area (Å²) in [7, 11) is 1.46. The third kappa shape index (κ3) is 5.84. The van der Waals surface area contributed by atoms with Crippen LogP contribution in [0.5, 0.6) is 5.75 Å². The topological polar surface area (TPSA) is 73.1 Å². The van der Waals surface area contributed by atoms with E-state index in [0.29, 0.717) is 10.9 Å². The van der Waals surface area contributed by atoms with E-state index in [9.17, 15) is 18.0 Å². The zero-order valence-corrected chi connectivity index (χ0v) is 16.7. The standard InChI is InChI=1S/C18H22F3N5O2S/c1-28-15-9-7-13(8-10-15)25(12-18(19,20)21)16(27)11-29-17-22-23-24-26(17)14-5-3-2-4-6-14/h7-10,14H,2-6,11-12H2,1H3. The monoisotopic (exact) mass is 429 g/mol. The van der Waals surface area contributed by atoms with Crippen LogP contribution in [-0.2, 0) is 4.79 Å². The van der Waals surface area contributed by atoms with E-state index in [1.54, 1.807) is 4.68 Å². The van der Waals surface area contributed by atoms with Gasteiger partial charge in [0.1, 0.15) is 12.3 Å². The molecule has 0 atom stereocenters. The van der Waals surface area contributed by atoms with Crippen molar-refractivity contribution in [2.45, 2.75) is 49.5 Å². The van der Waals surface area contributed by atoms with Crippen LogP contribution in [0.4, 0.5) is 18.9 Å². The molecule has 3 rings (SSSR count). The SMILES string of the molecule is COc1ccc(N(CC(F)(F)F)C(=O)CSc2nnnn2C2CCCCC2)cc1. The van der Waals surface area contributed by atoms with Crippen LogP contribution in [0.15, 0.2) is 29.4 Å². The summed E-state index contributed by atoms with van der Waals surface area (Å²) in [4.78, 5) is 13.4. The van der Waals surface area contributed by atoms with Crippen molar-refractivity contribution in [1.82, 2.24) is 20.2 Å². The minimum atomic E-state index is -4.52. The van der Waals surface area contributed by atoms with Gasteiger partial charge in [-0.25, -0.2) is 4.68 Å². The molecule has 158 valence electrons. The molecule has 1 fully saturated rings. The van der Waals surface area contributed by atoms with E-state index in [4.69, 9.17) is 4.74 Å². The number of ether oxygens (including phenoxy) is 1. The number of benzene rings is 1. The van der Waals surface area contributed by atoms with Crippen molar-refractivity contribution in [1.29, 1.82) is 0 Å². The Morgan fingerprint density at radius 1 is 1.24 bits per heavy atom. The molecule has 1 amide bonds. The number of rotatable bonds is 7. The maximum Gasteiger partial charge on any atom is 0.406 e. The maximum atomic E-state index is 13.1. The number of halogens is 3. The summed E-state index contributed by atoms with van der Waals surface area (Å²) in [6, 6.07) is 6.06. The van der Waals surface area contributed by atoms with Gasteiger partial charge in [0.05, 0.1) is 18.9 Å². The second kappa shape index (κ2) is 9.47. The van der Waals surface area contributed by atoms with Gasteiger partial charge in [-0.2, -0.15) is 13.2 Å². The highest BCUT2D eigenvalue weighted by Gasteiger charge is 2.34. The lowest BCUT2D eigenvalue weighted by Crippen LogP contribution is -2.40. The van der Waals surface area contributed by atoms with E-state index < -0.39 is 18.6 Å². The molecule has 2 aromatic rings. The molecule has 0 saturated heterocycles. The molecule has 0 bridgehead atoms. The van der Waals surface area contributed by atoms with Crippen molar-refractivity contribution in [3.05, 3.63) is 24.3 Å². The second-order valence-electron chi connectivity index (χ2n) is 6.78. The molecule has 0 spiro atoms. The molecule has 11 heteroatoms. The predicted octanol–water partition coefficient (Wildman–Crippen LogP) is 3.87. The highest BCUT2D eigenvalue weighted by Crippen LogP contribution is 2.31. The largest absolute Gasteiger partial charge is 0.497 e. The van der Waals surface area contributed by atoms with Crippen molar-refractivity contribution in [2.24, 2.45) is 0 Å². The summed E-state index contributed by atoms with van der Waals surface area (Å²) in [5, 5.41) is 12.1. The Morgan fingerprint density at radius 3 is 2.55 bits per heavy atom. The van der Waals surface area contributed by atoms with Crippen LogP contribution < -0.4 is 9.64 Å². The molecule has 1 saturated carbocycles. The number of tetrazole rings is 1. The molecular formula is C18H22F3N5O2S. The van der Waals surface area contributed by atoms with E-state index in [1.807, 2.05) is 0 Å². The van der Waals surface area contributed by atoms with Crippen LogP contribution in [0.1, 0.15) is 38.1 Å². The minimum Gasteiger partial charge on any atom is -0.497 e. The highest BCUT2D eigenvalue weighted by molar-refractivity contribution is 7.99. The molecule has 0 radical (unpaired) electrons. The summed E-state index contributed by atoms with van der Waals surface area (Å²) < 4.78 is 45.9. The molecule has 1 heterocycles. The van der Waals surface area contributed by atoms with Crippen LogP contribution in [0.3, 0.4) is 0 Å². The Morgan fingerprint density at radius 2 is 1.93 bits per heavy atom. The van der Waals surface area contributed by atoms with Gasteiger partial charge in [0, 0.05) is 5.69 Å². The van der Waals surface area contributed by atoms with Crippen molar-refractivity contribution in [2.75, 3.05) is 24.3 Å². The van der Waals surface area contributed by atoms with Gasteiger partial charge in [0.2, 0.25) is 11.1 Å². The number of anilines is 1. The summed E-state index contributed by atoms with van der Waals surface area (Å²) in [5.41, 5.74) is 0.153. The lowest BCUT2D eigenvalue weighted by molar-refractivity contribution is -0.131. The lowest BCUT2D eigenvalue weighted by atomic mass is 9.96. The van der Waals surface area contributed by atoms with Crippen LogP contribution >= 0.6 is 11.8 Å². The fourth-order valence-corrected chi connectivity index (χ4v) is 4.12. The zero-order chi connectivity index (χ0) is 20.9. The number of carbonyl (C=O) groups excluding carboxylic acids is 1. The molecule has 29 heavy (non-hydrogen) atoms. The summed E-state index contributed by atoms with van der Waals surface area (Å²) in [5.74, 6) is -0.375. The molecule has 0 unspecified atom stereocenters. The number of hydrogen-bond donors (Lipinski definition) is 0. The molecule has 0 aliphatic heterocycles. The molecule has 7 nitrogen and oxygen atoms in total. The van der Waals surface area contributed by atoms with E-state index in [1.165, 1.54) is 37.8 Å². The first-order chi connectivity index (χ1) is 13.9. The quantitative estimate of drug-likeness (QED) is 0.622. The maximum absolute atomic E-state index is 13.1. The lowest BCUT2D eigenvalue weighted by Gasteiger charge is -2.24. The number of alkyl halides is 3. The van der Waals surface area contributed by atoms with E-state index in [-0.39, 0.29) is 17.5 Å². The highest BCUT2D eigenvalue weighted by atomic mass is 32.2. The van der Waals surface area contributed by atoms with Crippen molar-refractivity contribution < 1.29 is 22.7 Å². The minimum absolute atomic E-state index is 0.153. The Hall–Kier alpha value is -2.30. The van der Waals surface area contributed by atoms with Gasteiger partial charge in [-0.3, -0.25) is 4.79 Å². The number of hydrogen-bond acceptors (Lipinski definition) is 6. The van der Waals surface area contributed by atoms with Crippen molar-refractivity contribution in [3.63, 3.8) is 0 Å². The Balaban J connectivity index is 1.71. The third-order valence-electron chi connectivity index (χ3n) is 4.73. The Kier molecular flexibility index (Phi) is 6.99. The first kappa shape index (κ1) is 21.4. The zero-order valence-electron chi connectivity index (χ0n) is 15.9. The Bertz CT molecular complexity index is 807. The summed E-state index contributed by atoms with van der Waals surface area (Å²) in [6.45, 7) is -1.37. The first-order valence-electron chi connectivity index (χ1n) is 9.29. The van der Waals surface area contributed by atoms with Crippen LogP contribution in [0.2, 0.25) is 0 Å². The summed E-state index contributed by atoms with van der Waals surface area (Å²) >= 11 is 1.06. The van der Waals surface area contributed by atoms with Gasteiger partial charge in [-0.1, -0.05) is 31.0 Å². The van der Waals surface area contributed by atoms with Crippen molar-refractivity contribution >= 4 is 23.4 Å². The molecule has 1 aliphatic rings. The summed E-state index contributed by atoms with van der Waals surface area (Å²) in [6.07, 6.45) is 0.740. The number of aromatic nitrogens is 4. The van der Waals surface area contributed by atoms with Gasteiger partial charge in [-0.05, 0) is 47.5 Å². The average molecular weight is 429 g/mol. The fourth-order valence-electron chi connectivity index (χ4n) is 3.30. The van der Waals surface area contributed by atoms with Crippen LogP contribution in [0, 0.1) is 0 Å². The van der Waals surface area contributed by atoms with Crippen LogP contribution in [0.25, 0.3) is 0 Å². The van der Waals surface area contributed by atoms with Gasteiger partial charge < -0.3 is 9.64 Å². The average Bonchev–Trinajstić information content (AvgIpc) is 3.19. The molecular weight excluding hydrogens is 407 g/mol. The van der Waals surface area contributed by atoms with Crippen LogP contribution in [-0.4, -0.2) is 51.7 Å². The van der Waals surface area contributed by atoms with Gasteiger partial charge >= 0.3 is 6.18 Å². The number of thioether (sulfide) groups is 1. The number of methoxy groups -OCH3 is 1. The number of nitrogens with zero attached hydrogens (tertiary/aromatic N) is 5. The Labute approximate surface area is 170 Å². The molecule has 1 aromatic heterocycles. The second-order valence-corrected chi connectivity index (χ2v) is 7.72. The third-order valence-corrected chi connectivity index (χ3v) is 5.65. The van der Waals surface area contributed by atoms with Gasteiger partial charge in [0.25, 0.3) is 0 Å². The smallest absolute Gasteiger partial charge is 0.406 e. The van der Waals surface area contributed by atoms with Crippen molar-refractivity contribution in [3.8, 4) is 5.75 Å². The fraction of sp³-hybridized carbons (Fsp3) is 0.556. The van der Waals surface area contributed by atoms with E-state index in [2.05, 4.69) is 15.5 Å². The molecule has 1 aliphatic carbocycles. The number of amides is 1. The van der Waals surface area contributed by atoms with Gasteiger partial charge in [0.15, 0.2) is 0 Å².